The van der Waals surface area contributed by atoms with E-state index in [-0.39, 0.29) is 12.4 Å². The van der Waals surface area contributed by atoms with E-state index in [1.165, 1.54) is 0 Å². The first-order valence-electron chi connectivity index (χ1n) is 5.78. The number of nitrogens with zero attached hydrogens (tertiary/aromatic N) is 2. The first-order chi connectivity index (χ1) is 8.31. The molecule has 0 saturated carbocycles. The molecule has 0 aromatic carbocycles. The van der Waals surface area contributed by atoms with Crippen molar-refractivity contribution in [3.63, 3.8) is 0 Å². The first-order valence-corrected chi connectivity index (χ1v) is 5.78. The molecule has 0 aliphatic carbocycles. The van der Waals surface area contributed by atoms with Gasteiger partial charge in [-0.05, 0) is 18.6 Å². The Hall–Kier alpha value is -1.30. The predicted octanol–water partition coefficient (Wildman–Crippen LogP) is 1.89. The Labute approximate surface area is 111 Å². The molecule has 3 rings (SSSR count). The Bertz CT molecular complexity index is 483. The third-order valence-corrected chi connectivity index (χ3v) is 3.02. The van der Waals surface area contributed by atoms with Gasteiger partial charge in [0, 0.05) is 31.7 Å². The maximum absolute atomic E-state index is 5.86. The van der Waals surface area contributed by atoms with Crippen molar-refractivity contribution in [1.82, 2.24) is 10.1 Å². The Balaban J connectivity index is 0.00000120. The van der Waals surface area contributed by atoms with Crippen LogP contribution in [0.3, 0.4) is 0 Å². The van der Waals surface area contributed by atoms with Crippen molar-refractivity contribution < 1.29 is 8.94 Å². The minimum Gasteiger partial charge on any atom is -0.461 e. The van der Waals surface area contributed by atoms with Gasteiger partial charge in [-0.3, -0.25) is 4.90 Å². The van der Waals surface area contributed by atoms with E-state index in [1.807, 2.05) is 18.2 Å². The van der Waals surface area contributed by atoms with E-state index in [4.69, 9.17) is 14.7 Å². The van der Waals surface area contributed by atoms with E-state index < -0.39 is 0 Å². The molecule has 98 valence electrons. The van der Waals surface area contributed by atoms with E-state index in [1.54, 1.807) is 6.26 Å². The fourth-order valence-electron chi connectivity index (χ4n) is 2.16. The summed E-state index contributed by atoms with van der Waals surface area (Å²) in [5, 5.41) is 4.04. The molecule has 0 unspecified atom stereocenters. The lowest BCUT2D eigenvalue weighted by Crippen LogP contribution is -2.26. The standard InChI is InChI=1S/C12H15N3O2.ClH/c13-9-3-4-15(7-9)8-10-6-12(17-14-10)11-2-1-5-16-11;/h1-2,5-6,9H,3-4,7-8,13H2;1H/t9-;/m1./s1. The third-order valence-electron chi connectivity index (χ3n) is 3.02. The molecular weight excluding hydrogens is 254 g/mol. The fraction of sp³-hybridized carbons (Fsp3) is 0.417. The predicted molar refractivity (Wildman–Crippen MR) is 69.3 cm³/mol. The summed E-state index contributed by atoms with van der Waals surface area (Å²) in [4.78, 5) is 2.29. The monoisotopic (exact) mass is 269 g/mol. The average Bonchev–Trinajstić information content (AvgIpc) is 3.00. The van der Waals surface area contributed by atoms with Crippen LogP contribution in [-0.2, 0) is 6.54 Å². The van der Waals surface area contributed by atoms with E-state index in [2.05, 4.69) is 10.1 Å². The van der Waals surface area contributed by atoms with Crippen LogP contribution < -0.4 is 5.73 Å². The topological polar surface area (TPSA) is 68.4 Å². The van der Waals surface area contributed by atoms with Gasteiger partial charge in [-0.25, -0.2) is 0 Å². The van der Waals surface area contributed by atoms with Gasteiger partial charge < -0.3 is 14.7 Å². The highest BCUT2D eigenvalue weighted by Gasteiger charge is 2.20. The Morgan fingerprint density at radius 1 is 1.44 bits per heavy atom. The van der Waals surface area contributed by atoms with E-state index in [0.717, 1.165) is 31.7 Å². The molecule has 5 nitrogen and oxygen atoms in total. The molecule has 1 atom stereocenters. The van der Waals surface area contributed by atoms with E-state index in [9.17, 15) is 0 Å². The number of likely N-dealkylation sites (tertiary alicyclic amines) is 1. The number of hydrogen-bond donors (Lipinski definition) is 1. The Kier molecular flexibility index (Phi) is 4.06. The molecule has 1 fully saturated rings. The van der Waals surface area contributed by atoms with Gasteiger partial charge in [-0.2, -0.15) is 0 Å². The molecule has 18 heavy (non-hydrogen) atoms. The molecule has 0 radical (unpaired) electrons. The van der Waals surface area contributed by atoms with Crippen LogP contribution in [0.1, 0.15) is 12.1 Å². The van der Waals surface area contributed by atoms with Crippen molar-refractivity contribution >= 4 is 12.4 Å². The van der Waals surface area contributed by atoms with E-state index in [0.29, 0.717) is 17.6 Å². The molecule has 0 amide bonds. The first kappa shape index (κ1) is 13.1. The van der Waals surface area contributed by atoms with Gasteiger partial charge in [0.1, 0.15) is 0 Å². The average molecular weight is 270 g/mol. The minimum atomic E-state index is 0. The lowest BCUT2D eigenvalue weighted by Gasteiger charge is -2.11. The van der Waals surface area contributed by atoms with Crippen molar-refractivity contribution in [3.8, 4) is 11.5 Å². The van der Waals surface area contributed by atoms with E-state index >= 15 is 0 Å². The second-order valence-corrected chi connectivity index (χ2v) is 4.44. The maximum Gasteiger partial charge on any atom is 0.202 e. The second kappa shape index (κ2) is 5.56. The Morgan fingerprint density at radius 3 is 3.00 bits per heavy atom. The van der Waals surface area contributed by atoms with Gasteiger partial charge in [-0.15, -0.1) is 12.4 Å². The zero-order valence-electron chi connectivity index (χ0n) is 9.91. The van der Waals surface area contributed by atoms with Crippen LogP contribution in [0.25, 0.3) is 11.5 Å². The summed E-state index contributed by atoms with van der Waals surface area (Å²) in [6, 6.07) is 5.90. The molecule has 2 aromatic heterocycles. The molecule has 2 aromatic rings. The summed E-state index contributed by atoms with van der Waals surface area (Å²) in [5.41, 5.74) is 6.78. The van der Waals surface area contributed by atoms with Crippen LogP contribution in [0.5, 0.6) is 0 Å². The number of halogens is 1. The molecule has 3 heterocycles. The minimum absolute atomic E-state index is 0. The number of aromatic nitrogens is 1. The van der Waals surface area contributed by atoms with Crippen molar-refractivity contribution in [2.24, 2.45) is 5.73 Å². The van der Waals surface area contributed by atoms with Crippen molar-refractivity contribution in [2.45, 2.75) is 19.0 Å². The van der Waals surface area contributed by atoms with Gasteiger partial charge in [0.25, 0.3) is 0 Å². The third kappa shape index (κ3) is 2.75. The quantitative estimate of drug-likeness (QED) is 0.922. The highest BCUT2D eigenvalue weighted by atomic mass is 35.5. The largest absolute Gasteiger partial charge is 0.461 e. The van der Waals surface area contributed by atoms with Crippen LogP contribution in [0, 0.1) is 0 Å². The van der Waals surface area contributed by atoms with Gasteiger partial charge in [0.2, 0.25) is 5.76 Å². The second-order valence-electron chi connectivity index (χ2n) is 4.44. The van der Waals surface area contributed by atoms with Crippen molar-refractivity contribution in [1.29, 1.82) is 0 Å². The maximum atomic E-state index is 5.86. The van der Waals surface area contributed by atoms with Crippen LogP contribution in [0.15, 0.2) is 33.4 Å². The lowest BCUT2D eigenvalue weighted by atomic mass is 10.3. The van der Waals surface area contributed by atoms with Crippen LogP contribution in [-0.4, -0.2) is 29.2 Å². The zero-order valence-corrected chi connectivity index (χ0v) is 10.7. The number of furan rings is 1. The highest BCUT2D eigenvalue weighted by Crippen LogP contribution is 2.21. The van der Waals surface area contributed by atoms with Gasteiger partial charge in [0.05, 0.1) is 12.0 Å². The summed E-state index contributed by atoms with van der Waals surface area (Å²) in [6.07, 6.45) is 2.68. The summed E-state index contributed by atoms with van der Waals surface area (Å²) in [6.45, 7) is 2.75. The SMILES string of the molecule is Cl.N[C@@H]1CCN(Cc2cc(-c3ccco3)on2)C1. The zero-order chi connectivity index (χ0) is 11.7. The van der Waals surface area contributed by atoms with Crippen molar-refractivity contribution in [2.75, 3.05) is 13.1 Å². The van der Waals surface area contributed by atoms with Gasteiger partial charge in [-0.1, -0.05) is 5.16 Å². The summed E-state index contributed by atoms with van der Waals surface area (Å²) in [5.74, 6) is 1.38. The molecule has 0 bridgehead atoms. The fourth-order valence-corrected chi connectivity index (χ4v) is 2.16. The van der Waals surface area contributed by atoms with Gasteiger partial charge >= 0.3 is 0 Å². The normalized spacial score (nSPS) is 19.9. The summed E-state index contributed by atoms with van der Waals surface area (Å²) < 4.78 is 10.5. The highest BCUT2D eigenvalue weighted by molar-refractivity contribution is 5.85. The van der Waals surface area contributed by atoms with Crippen LogP contribution in [0.4, 0.5) is 0 Å². The smallest absolute Gasteiger partial charge is 0.202 e. The molecule has 1 aliphatic rings. The molecule has 1 saturated heterocycles. The van der Waals surface area contributed by atoms with Crippen LogP contribution >= 0.6 is 12.4 Å². The molecule has 1 aliphatic heterocycles. The molecule has 2 N–H and O–H groups in total. The molecular formula is C12H16ClN3O2. The number of hydrogen-bond acceptors (Lipinski definition) is 5. The molecule has 6 heteroatoms. The summed E-state index contributed by atoms with van der Waals surface area (Å²) in [7, 11) is 0. The van der Waals surface area contributed by atoms with Gasteiger partial charge in [0.15, 0.2) is 5.76 Å². The lowest BCUT2D eigenvalue weighted by molar-refractivity contribution is 0.310. The van der Waals surface area contributed by atoms with Crippen molar-refractivity contribution in [3.05, 3.63) is 30.2 Å². The number of nitrogens with two attached hydrogens (primary N) is 1. The molecule has 0 spiro atoms. The summed E-state index contributed by atoms with van der Waals surface area (Å²) >= 11 is 0. The number of rotatable bonds is 3. The Morgan fingerprint density at radius 2 is 2.33 bits per heavy atom. The van der Waals surface area contributed by atoms with Crippen LogP contribution in [0.2, 0.25) is 0 Å².